The molecular weight excluding hydrogens is 368 g/mol. The molecule has 8 heteroatoms. The molecule has 2 aromatic carbocycles. The molecule has 1 aromatic heterocycles. The smallest absolute Gasteiger partial charge is 0.253 e. The monoisotopic (exact) mass is 392 g/mol. The third kappa shape index (κ3) is 4.60. The summed E-state index contributed by atoms with van der Waals surface area (Å²) in [5.74, 6) is 0.913. The first-order valence-electron chi connectivity index (χ1n) is 9.71. The van der Waals surface area contributed by atoms with Crippen LogP contribution in [-0.2, 0) is 6.54 Å². The Morgan fingerprint density at radius 2 is 1.93 bits per heavy atom. The van der Waals surface area contributed by atoms with Crippen LogP contribution in [0.15, 0.2) is 54.9 Å². The first-order chi connectivity index (χ1) is 14.2. The van der Waals surface area contributed by atoms with Gasteiger partial charge in [0.25, 0.3) is 5.91 Å². The van der Waals surface area contributed by atoms with E-state index in [2.05, 4.69) is 32.6 Å². The van der Waals surface area contributed by atoms with Crippen molar-refractivity contribution < 1.29 is 9.53 Å². The molecule has 0 N–H and O–H groups in total. The average molecular weight is 392 g/mol. The van der Waals surface area contributed by atoms with Gasteiger partial charge in [0, 0.05) is 38.3 Å². The summed E-state index contributed by atoms with van der Waals surface area (Å²) in [5, 5.41) is 11.2. The zero-order valence-corrected chi connectivity index (χ0v) is 16.4. The van der Waals surface area contributed by atoms with Crippen LogP contribution in [0.1, 0.15) is 22.3 Å². The zero-order valence-electron chi connectivity index (χ0n) is 16.4. The molecule has 0 spiro atoms. The maximum atomic E-state index is 13.0. The highest BCUT2D eigenvalue weighted by atomic mass is 16.5. The molecule has 1 amide bonds. The van der Waals surface area contributed by atoms with E-state index >= 15 is 0 Å². The quantitative estimate of drug-likeness (QED) is 0.661. The summed E-state index contributed by atoms with van der Waals surface area (Å²) < 4.78 is 6.77. The number of carbonyl (C=O) groups excluding carboxylic acids is 1. The third-order valence-corrected chi connectivity index (χ3v) is 5.15. The second kappa shape index (κ2) is 8.83. The van der Waals surface area contributed by atoms with E-state index in [9.17, 15) is 4.79 Å². The van der Waals surface area contributed by atoms with Crippen LogP contribution in [0.5, 0.6) is 5.75 Å². The normalized spacial score (nSPS) is 15.1. The van der Waals surface area contributed by atoms with E-state index in [-0.39, 0.29) is 5.91 Å². The number of amides is 1. The summed E-state index contributed by atoms with van der Waals surface area (Å²) in [4.78, 5) is 17.4. The van der Waals surface area contributed by atoms with E-state index in [0.717, 1.165) is 44.0 Å². The first-order valence-corrected chi connectivity index (χ1v) is 9.71. The van der Waals surface area contributed by atoms with Crippen LogP contribution in [0.4, 0.5) is 0 Å². The number of ether oxygens (including phenoxy) is 1. The molecule has 8 nitrogen and oxygen atoms in total. The second-order valence-corrected chi connectivity index (χ2v) is 7.07. The number of aromatic nitrogens is 4. The standard InChI is InChI=1S/C21H24N6O2/c1-29-20-8-6-17(7-9-20)15-25-10-3-11-26(13-12-25)21(28)18-4-2-5-19(14-18)27-16-22-23-24-27/h2,4-9,14,16H,3,10-13,15H2,1H3. The van der Waals surface area contributed by atoms with Gasteiger partial charge in [-0.1, -0.05) is 18.2 Å². The Kier molecular flexibility index (Phi) is 5.81. The Hall–Kier alpha value is -3.26. The molecule has 0 unspecified atom stereocenters. The minimum atomic E-state index is 0.0474. The molecular formula is C21H24N6O2. The molecule has 0 aliphatic carbocycles. The van der Waals surface area contributed by atoms with Gasteiger partial charge < -0.3 is 9.64 Å². The van der Waals surface area contributed by atoms with Crippen molar-refractivity contribution in [2.75, 3.05) is 33.3 Å². The lowest BCUT2D eigenvalue weighted by Gasteiger charge is -2.22. The minimum absolute atomic E-state index is 0.0474. The van der Waals surface area contributed by atoms with Crippen molar-refractivity contribution in [2.45, 2.75) is 13.0 Å². The van der Waals surface area contributed by atoms with Gasteiger partial charge in [0.2, 0.25) is 0 Å². The van der Waals surface area contributed by atoms with Crippen molar-refractivity contribution in [1.82, 2.24) is 30.0 Å². The Labute approximate surface area is 169 Å². The maximum absolute atomic E-state index is 13.0. The molecule has 150 valence electrons. The van der Waals surface area contributed by atoms with Crippen LogP contribution >= 0.6 is 0 Å². The van der Waals surface area contributed by atoms with Crippen LogP contribution < -0.4 is 4.74 Å². The summed E-state index contributed by atoms with van der Waals surface area (Å²) in [5.41, 5.74) is 2.68. The first kappa shape index (κ1) is 19.1. The minimum Gasteiger partial charge on any atom is -0.497 e. The van der Waals surface area contributed by atoms with Crippen LogP contribution in [0.25, 0.3) is 5.69 Å². The predicted octanol–water partition coefficient (Wildman–Crippen LogP) is 2.02. The van der Waals surface area contributed by atoms with E-state index < -0.39 is 0 Å². The fourth-order valence-electron chi connectivity index (χ4n) is 3.56. The summed E-state index contributed by atoms with van der Waals surface area (Å²) in [6.45, 7) is 4.17. The molecule has 0 saturated carbocycles. The van der Waals surface area contributed by atoms with Gasteiger partial charge in [-0.05, 0) is 52.7 Å². The summed E-state index contributed by atoms with van der Waals surface area (Å²) in [6.07, 6.45) is 2.47. The van der Waals surface area contributed by atoms with Crippen molar-refractivity contribution >= 4 is 5.91 Å². The predicted molar refractivity (Wildman–Crippen MR) is 108 cm³/mol. The SMILES string of the molecule is COc1ccc(CN2CCCN(C(=O)c3cccc(-n4cnnn4)c3)CC2)cc1. The van der Waals surface area contributed by atoms with Gasteiger partial charge in [-0.3, -0.25) is 9.69 Å². The molecule has 1 aliphatic rings. The molecule has 0 bridgehead atoms. The van der Waals surface area contributed by atoms with Crippen LogP contribution in [-0.4, -0.2) is 69.2 Å². The van der Waals surface area contributed by atoms with Crippen molar-refractivity contribution in [3.8, 4) is 11.4 Å². The van der Waals surface area contributed by atoms with Gasteiger partial charge >= 0.3 is 0 Å². The molecule has 0 atom stereocenters. The van der Waals surface area contributed by atoms with Gasteiger partial charge in [-0.2, -0.15) is 0 Å². The van der Waals surface area contributed by atoms with Gasteiger partial charge in [-0.15, -0.1) is 5.10 Å². The van der Waals surface area contributed by atoms with E-state index in [1.54, 1.807) is 11.8 Å². The van der Waals surface area contributed by atoms with Gasteiger partial charge in [-0.25, -0.2) is 4.68 Å². The Bertz CT molecular complexity index is 942. The number of benzene rings is 2. The summed E-state index contributed by atoms with van der Waals surface area (Å²) in [6, 6.07) is 15.6. The highest BCUT2D eigenvalue weighted by molar-refractivity contribution is 5.94. The Balaban J connectivity index is 1.39. The fraction of sp³-hybridized carbons (Fsp3) is 0.333. The van der Waals surface area contributed by atoms with E-state index in [1.165, 1.54) is 11.9 Å². The molecule has 1 aliphatic heterocycles. The largest absolute Gasteiger partial charge is 0.497 e. The maximum Gasteiger partial charge on any atom is 0.253 e. The number of carbonyl (C=O) groups is 1. The van der Waals surface area contributed by atoms with Crippen molar-refractivity contribution in [3.63, 3.8) is 0 Å². The summed E-state index contributed by atoms with van der Waals surface area (Å²) in [7, 11) is 1.67. The fourth-order valence-corrected chi connectivity index (χ4v) is 3.56. The van der Waals surface area contributed by atoms with E-state index in [0.29, 0.717) is 12.1 Å². The van der Waals surface area contributed by atoms with Crippen molar-refractivity contribution in [2.24, 2.45) is 0 Å². The van der Waals surface area contributed by atoms with E-state index in [1.807, 2.05) is 41.3 Å². The topological polar surface area (TPSA) is 76.4 Å². The number of hydrogen-bond donors (Lipinski definition) is 0. The van der Waals surface area contributed by atoms with Crippen LogP contribution in [0, 0.1) is 0 Å². The van der Waals surface area contributed by atoms with Crippen LogP contribution in [0.3, 0.4) is 0 Å². The number of nitrogens with zero attached hydrogens (tertiary/aromatic N) is 6. The zero-order chi connectivity index (χ0) is 20.1. The molecule has 4 rings (SSSR count). The van der Waals surface area contributed by atoms with Gasteiger partial charge in [0.15, 0.2) is 0 Å². The number of rotatable bonds is 5. The molecule has 0 radical (unpaired) electrons. The molecule has 3 aromatic rings. The lowest BCUT2D eigenvalue weighted by Crippen LogP contribution is -2.35. The van der Waals surface area contributed by atoms with Crippen molar-refractivity contribution in [3.05, 3.63) is 66.0 Å². The Morgan fingerprint density at radius 1 is 1.07 bits per heavy atom. The lowest BCUT2D eigenvalue weighted by atomic mass is 10.1. The van der Waals surface area contributed by atoms with Crippen LogP contribution in [0.2, 0.25) is 0 Å². The van der Waals surface area contributed by atoms with Crippen molar-refractivity contribution in [1.29, 1.82) is 0 Å². The molecule has 1 saturated heterocycles. The second-order valence-electron chi connectivity index (χ2n) is 7.07. The highest BCUT2D eigenvalue weighted by Gasteiger charge is 2.21. The Morgan fingerprint density at radius 3 is 2.69 bits per heavy atom. The summed E-state index contributed by atoms with van der Waals surface area (Å²) >= 11 is 0. The lowest BCUT2D eigenvalue weighted by molar-refractivity contribution is 0.0761. The molecule has 2 heterocycles. The number of tetrazole rings is 1. The number of methoxy groups -OCH3 is 1. The molecule has 29 heavy (non-hydrogen) atoms. The van der Waals surface area contributed by atoms with Gasteiger partial charge in [0.05, 0.1) is 12.8 Å². The van der Waals surface area contributed by atoms with E-state index in [4.69, 9.17) is 4.74 Å². The number of hydrogen-bond acceptors (Lipinski definition) is 6. The molecule has 1 fully saturated rings. The van der Waals surface area contributed by atoms with Gasteiger partial charge in [0.1, 0.15) is 12.1 Å². The average Bonchev–Trinajstić information content (AvgIpc) is 3.21. The third-order valence-electron chi connectivity index (χ3n) is 5.15. The highest BCUT2D eigenvalue weighted by Crippen LogP contribution is 2.16.